The molecule has 0 radical (unpaired) electrons. The van der Waals surface area contributed by atoms with E-state index in [-0.39, 0.29) is 53.8 Å². The number of rotatable bonds is 21. The fourth-order valence-electron chi connectivity index (χ4n) is 7.74. The Morgan fingerprint density at radius 2 is 1.57 bits per heavy atom. The standard InChI is InChI=1S/C40H71N5O7S2/c1-14-26(6)35(43(9)40(50)33(24(2)3)42-39(49)34(25(4)5)44(10)54(13)53)31(51-11)23-32(46)45-22-18-21-30(45)37(52-12)27(7)38(48)41-28(8)36(47)29-19-16-15-17-20-29/h15-17,19-20,24-28,30-31,33-37,47,53-54H,14,18,21-23H2,1-13H3,(H,41,48)(H,42,49)/t26-,27+,28+,30-,31+,33-,34-,35-,36+,37+/m0/s1. The molecular weight excluding hydrogens is 727 g/mol. The van der Waals surface area contributed by atoms with Crippen molar-refractivity contribution in [2.24, 2.45) is 23.7 Å². The third-order valence-electron chi connectivity index (χ3n) is 11.2. The molecule has 11 atom stereocenters. The van der Waals surface area contributed by atoms with Gasteiger partial charge in [0.15, 0.2) is 0 Å². The number of carbonyl (C=O) groups excluding carboxylic acids is 4. The molecule has 1 fully saturated rings. The Morgan fingerprint density at radius 1 is 0.963 bits per heavy atom. The van der Waals surface area contributed by atoms with Gasteiger partial charge in [0.1, 0.15) is 6.04 Å². The zero-order valence-electron chi connectivity index (χ0n) is 35.0. The summed E-state index contributed by atoms with van der Waals surface area (Å²) in [6.45, 7) is 16.0. The van der Waals surface area contributed by atoms with Crippen LogP contribution in [0.5, 0.6) is 0 Å². The molecule has 1 aromatic rings. The van der Waals surface area contributed by atoms with Crippen LogP contribution in [0.25, 0.3) is 0 Å². The fourth-order valence-corrected chi connectivity index (χ4v) is 8.80. The third-order valence-corrected chi connectivity index (χ3v) is 13.2. The molecule has 14 heteroatoms. The van der Waals surface area contributed by atoms with Gasteiger partial charge in [-0.1, -0.05) is 85.2 Å². The van der Waals surface area contributed by atoms with Crippen LogP contribution in [0.1, 0.15) is 92.7 Å². The molecule has 54 heavy (non-hydrogen) atoms. The first-order chi connectivity index (χ1) is 25.3. The zero-order chi connectivity index (χ0) is 41.0. The van der Waals surface area contributed by atoms with Crippen LogP contribution < -0.4 is 10.6 Å². The van der Waals surface area contributed by atoms with Gasteiger partial charge in [-0.2, -0.15) is 10.1 Å². The molecule has 0 saturated carbocycles. The fraction of sp³-hybridized carbons (Fsp3) is 0.750. The summed E-state index contributed by atoms with van der Waals surface area (Å²) < 4.78 is 13.9. The maximum absolute atomic E-state index is 14.3. The van der Waals surface area contributed by atoms with E-state index >= 15 is 0 Å². The predicted octanol–water partition coefficient (Wildman–Crippen LogP) is 4.63. The lowest BCUT2D eigenvalue weighted by molar-refractivity contribution is -0.148. The number of hydrogen-bond acceptors (Lipinski definition) is 9. The molecule has 1 unspecified atom stereocenters. The van der Waals surface area contributed by atoms with Crippen LogP contribution in [0, 0.1) is 23.7 Å². The Hall–Kier alpha value is -2.36. The smallest absolute Gasteiger partial charge is 0.245 e. The molecular formula is C40H71N5O7S2. The van der Waals surface area contributed by atoms with Gasteiger partial charge in [-0.25, -0.2) is 0 Å². The number of thiol groups is 2. The van der Waals surface area contributed by atoms with Crippen molar-refractivity contribution in [3.8, 4) is 0 Å². The van der Waals surface area contributed by atoms with Gasteiger partial charge in [-0.05, 0) is 56.4 Å². The maximum atomic E-state index is 14.3. The first kappa shape index (κ1) is 47.8. The largest absolute Gasteiger partial charge is 0.386 e. The monoisotopic (exact) mass is 797 g/mol. The molecule has 0 bridgehead atoms. The highest BCUT2D eigenvalue weighted by atomic mass is 33.1. The van der Waals surface area contributed by atoms with Crippen molar-refractivity contribution in [2.45, 2.75) is 130 Å². The van der Waals surface area contributed by atoms with E-state index in [2.05, 4.69) is 22.3 Å². The maximum Gasteiger partial charge on any atom is 0.245 e. The number of likely N-dealkylation sites (tertiary alicyclic amines) is 1. The van der Waals surface area contributed by atoms with Crippen molar-refractivity contribution < 1.29 is 33.8 Å². The minimum absolute atomic E-state index is 0.00470. The number of nitrogens with zero attached hydrogens (tertiary/aromatic N) is 3. The highest BCUT2D eigenvalue weighted by molar-refractivity contribution is 8.76. The third kappa shape index (κ3) is 12.3. The van der Waals surface area contributed by atoms with Crippen LogP contribution in [0.2, 0.25) is 0 Å². The lowest BCUT2D eigenvalue weighted by atomic mass is 9.89. The summed E-state index contributed by atoms with van der Waals surface area (Å²) in [5.74, 6) is -1.68. The first-order valence-corrected chi connectivity index (χ1v) is 22.3. The van der Waals surface area contributed by atoms with Crippen LogP contribution in [-0.2, 0) is 28.7 Å². The zero-order valence-corrected chi connectivity index (χ0v) is 36.8. The van der Waals surface area contributed by atoms with E-state index in [0.29, 0.717) is 18.5 Å². The van der Waals surface area contributed by atoms with E-state index in [4.69, 9.17) is 9.47 Å². The lowest BCUT2D eigenvalue weighted by Crippen LogP contribution is -2.59. The van der Waals surface area contributed by atoms with Crippen molar-refractivity contribution in [2.75, 3.05) is 41.1 Å². The molecule has 0 aliphatic carbocycles. The van der Waals surface area contributed by atoms with Crippen molar-refractivity contribution >= 4 is 45.4 Å². The molecule has 3 N–H and O–H groups in total. The van der Waals surface area contributed by atoms with E-state index in [1.54, 1.807) is 44.9 Å². The highest BCUT2D eigenvalue weighted by Gasteiger charge is 2.43. The van der Waals surface area contributed by atoms with Gasteiger partial charge in [0, 0.05) is 27.8 Å². The highest BCUT2D eigenvalue weighted by Crippen LogP contribution is 2.34. The SMILES string of the molecule is CC[C@H](C)[C@@H]([C@@H](CC(=O)N1CCC[C@H]1[C@H](OC)[C@@H](C)C(=O)N[C@H](C)[C@@H](O)c1ccccc1)OC)N(C)C(=O)[C@@H](NC(=O)[C@H](C(C)C)N(C)[SH](C)S)C(C)C. The second kappa shape index (κ2) is 22.4. The Balaban J connectivity index is 2.27. The normalized spacial score (nSPS) is 20.7. The number of amides is 4. The van der Waals surface area contributed by atoms with E-state index in [1.165, 1.54) is 0 Å². The molecule has 1 aromatic carbocycles. The summed E-state index contributed by atoms with van der Waals surface area (Å²) in [7, 11) is 5.91. The van der Waals surface area contributed by atoms with E-state index < -0.39 is 58.5 Å². The van der Waals surface area contributed by atoms with Gasteiger partial charge in [-0.15, -0.1) is 11.7 Å². The second-order valence-electron chi connectivity index (χ2n) is 15.7. The quantitative estimate of drug-likeness (QED) is 0.0897. The van der Waals surface area contributed by atoms with Gasteiger partial charge in [0.05, 0.1) is 54.8 Å². The topological polar surface area (TPSA) is 141 Å². The Labute approximate surface area is 333 Å². The van der Waals surface area contributed by atoms with Crippen LogP contribution in [0.4, 0.5) is 0 Å². The number of carbonyl (C=O) groups is 4. The van der Waals surface area contributed by atoms with E-state index in [9.17, 15) is 24.3 Å². The van der Waals surface area contributed by atoms with Gasteiger partial charge < -0.3 is 35.0 Å². The number of hydrogen-bond donors (Lipinski definition) is 5. The lowest BCUT2D eigenvalue weighted by Gasteiger charge is -2.41. The van der Waals surface area contributed by atoms with E-state index in [1.807, 2.05) is 89.5 Å². The molecule has 0 aromatic heterocycles. The van der Waals surface area contributed by atoms with Crippen molar-refractivity contribution in [1.82, 2.24) is 24.7 Å². The second-order valence-corrected chi connectivity index (χ2v) is 19.1. The molecule has 1 aliphatic rings. The van der Waals surface area contributed by atoms with Gasteiger partial charge in [-0.3, -0.25) is 23.5 Å². The molecule has 310 valence electrons. The number of methoxy groups -OCH3 is 2. The number of nitrogens with one attached hydrogen (secondary N) is 2. The van der Waals surface area contributed by atoms with Crippen molar-refractivity contribution in [3.63, 3.8) is 0 Å². The number of likely N-dealkylation sites (N-methyl/N-ethyl adjacent to an activating group) is 2. The van der Waals surface area contributed by atoms with Crippen molar-refractivity contribution in [1.29, 1.82) is 0 Å². The first-order valence-electron chi connectivity index (χ1n) is 19.4. The van der Waals surface area contributed by atoms with Crippen molar-refractivity contribution in [3.05, 3.63) is 35.9 Å². The number of benzene rings is 1. The van der Waals surface area contributed by atoms with Gasteiger partial charge >= 0.3 is 0 Å². The molecule has 1 heterocycles. The molecule has 1 saturated heterocycles. The number of aliphatic hydroxyl groups is 1. The minimum atomic E-state index is -0.879. The van der Waals surface area contributed by atoms with Crippen LogP contribution in [-0.4, -0.2) is 126 Å². The summed E-state index contributed by atoms with van der Waals surface area (Å²) in [5.41, 5.74) is 0.709. The number of aliphatic hydroxyl groups excluding tert-OH is 1. The summed E-state index contributed by atoms with van der Waals surface area (Å²) >= 11 is 4.61. The Kier molecular flexibility index (Phi) is 19.8. The van der Waals surface area contributed by atoms with Crippen LogP contribution >= 0.6 is 21.8 Å². The Morgan fingerprint density at radius 3 is 2.07 bits per heavy atom. The molecule has 2 rings (SSSR count). The van der Waals surface area contributed by atoms with Gasteiger partial charge in [0.25, 0.3) is 0 Å². The average Bonchev–Trinajstić information content (AvgIpc) is 3.62. The summed E-state index contributed by atoms with van der Waals surface area (Å²) in [6, 6.07) is 6.61. The van der Waals surface area contributed by atoms with Crippen LogP contribution in [0.3, 0.4) is 0 Å². The van der Waals surface area contributed by atoms with Crippen LogP contribution in [0.15, 0.2) is 30.3 Å². The molecule has 1 aliphatic heterocycles. The summed E-state index contributed by atoms with van der Waals surface area (Å²) in [5, 5.41) is 16.9. The molecule has 4 amide bonds. The summed E-state index contributed by atoms with van der Waals surface area (Å²) in [6.07, 6.45) is 2.08. The summed E-state index contributed by atoms with van der Waals surface area (Å²) in [4.78, 5) is 59.2. The average molecular weight is 798 g/mol. The number of ether oxygens (including phenoxy) is 2. The Bertz CT molecular complexity index is 1340. The molecule has 0 spiro atoms. The molecule has 12 nitrogen and oxygen atoms in total. The van der Waals surface area contributed by atoms with Gasteiger partial charge in [0.2, 0.25) is 23.6 Å². The predicted molar refractivity (Wildman–Crippen MR) is 222 cm³/mol. The van der Waals surface area contributed by atoms with E-state index in [0.717, 1.165) is 12.8 Å². The minimum Gasteiger partial charge on any atom is -0.386 e.